The first-order chi connectivity index (χ1) is 7.15. The zero-order chi connectivity index (χ0) is 10.8. The van der Waals surface area contributed by atoms with Crippen molar-refractivity contribution in [2.24, 2.45) is 0 Å². The van der Waals surface area contributed by atoms with E-state index in [0.717, 1.165) is 4.47 Å². The van der Waals surface area contributed by atoms with E-state index in [4.69, 9.17) is 14.6 Å². The Labute approximate surface area is 94.9 Å². The van der Waals surface area contributed by atoms with E-state index in [0.29, 0.717) is 17.9 Å². The quantitative estimate of drug-likeness (QED) is 0.918. The second kappa shape index (κ2) is 4.10. The molecule has 0 amide bonds. The summed E-state index contributed by atoms with van der Waals surface area (Å²) < 4.78 is 11.7. The van der Waals surface area contributed by atoms with Crippen molar-refractivity contribution in [2.45, 2.75) is 19.1 Å². The van der Waals surface area contributed by atoms with Crippen molar-refractivity contribution >= 4 is 21.9 Å². The average molecular weight is 273 g/mol. The van der Waals surface area contributed by atoms with Gasteiger partial charge in [-0.3, -0.25) is 4.79 Å². The molecule has 0 fully saturated rings. The maximum atomic E-state index is 10.4. The highest BCUT2D eigenvalue weighted by Gasteiger charge is 2.24. The summed E-state index contributed by atoms with van der Waals surface area (Å²) in [5.41, 5.74) is 0. The minimum absolute atomic E-state index is 0.0415. The van der Waals surface area contributed by atoms with Crippen LogP contribution in [0.3, 0.4) is 0 Å². The van der Waals surface area contributed by atoms with Crippen molar-refractivity contribution in [3.8, 4) is 11.5 Å². The zero-order valence-electron chi connectivity index (χ0n) is 7.77. The number of halogens is 1. The van der Waals surface area contributed by atoms with Crippen molar-refractivity contribution in [1.29, 1.82) is 0 Å². The van der Waals surface area contributed by atoms with Crippen LogP contribution in [-0.4, -0.2) is 17.4 Å². The number of rotatable bonds is 3. The number of hydrogen-bond donors (Lipinski definition) is 1. The van der Waals surface area contributed by atoms with Gasteiger partial charge in [0.1, 0.15) is 0 Å². The minimum Gasteiger partial charge on any atom is -0.481 e. The maximum Gasteiger partial charge on any atom is 0.303 e. The fraction of sp³-hybridized carbons (Fsp3) is 0.300. The third-order valence-corrected chi connectivity index (χ3v) is 2.51. The molecular weight excluding hydrogens is 264 g/mol. The number of aliphatic carboxylic acids is 1. The lowest BCUT2D eigenvalue weighted by atomic mass is 10.3. The Kier molecular flexibility index (Phi) is 2.81. The van der Waals surface area contributed by atoms with Crippen LogP contribution in [0.2, 0.25) is 0 Å². The fourth-order valence-electron chi connectivity index (χ4n) is 1.34. The SMILES string of the molecule is O=C(O)CCC1Oc2ccc(Br)cc2O1. The van der Waals surface area contributed by atoms with Crippen molar-refractivity contribution < 1.29 is 19.4 Å². The Morgan fingerprint density at radius 2 is 2.13 bits per heavy atom. The molecule has 1 N–H and O–H groups in total. The van der Waals surface area contributed by atoms with Gasteiger partial charge in [0.2, 0.25) is 6.29 Å². The molecule has 1 aromatic rings. The molecule has 1 aromatic carbocycles. The molecule has 5 heteroatoms. The highest BCUT2D eigenvalue weighted by Crippen LogP contribution is 2.37. The van der Waals surface area contributed by atoms with Crippen molar-refractivity contribution in [1.82, 2.24) is 0 Å². The number of fused-ring (bicyclic) bond motifs is 1. The molecule has 2 rings (SSSR count). The molecule has 1 aliphatic heterocycles. The lowest BCUT2D eigenvalue weighted by Gasteiger charge is -2.07. The smallest absolute Gasteiger partial charge is 0.303 e. The van der Waals surface area contributed by atoms with Gasteiger partial charge in [-0.05, 0) is 18.2 Å². The molecule has 0 bridgehead atoms. The van der Waals surface area contributed by atoms with Gasteiger partial charge in [-0.15, -0.1) is 0 Å². The summed E-state index contributed by atoms with van der Waals surface area (Å²) in [5.74, 6) is 0.465. The van der Waals surface area contributed by atoms with E-state index in [1.165, 1.54) is 0 Å². The van der Waals surface area contributed by atoms with Crippen LogP contribution >= 0.6 is 15.9 Å². The van der Waals surface area contributed by atoms with Crippen molar-refractivity contribution in [3.05, 3.63) is 22.7 Å². The number of carbonyl (C=O) groups is 1. The molecule has 0 aromatic heterocycles. The molecule has 80 valence electrons. The van der Waals surface area contributed by atoms with Gasteiger partial charge in [0.05, 0.1) is 6.42 Å². The Balaban J connectivity index is 2.00. The number of ether oxygens (including phenoxy) is 2. The molecule has 0 radical (unpaired) electrons. The molecule has 0 aliphatic carbocycles. The van der Waals surface area contributed by atoms with Crippen LogP contribution in [0, 0.1) is 0 Å². The minimum atomic E-state index is -0.848. The topological polar surface area (TPSA) is 55.8 Å². The Morgan fingerprint density at radius 1 is 1.40 bits per heavy atom. The first kappa shape index (κ1) is 10.3. The Hall–Kier alpha value is -1.23. The highest BCUT2D eigenvalue weighted by molar-refractivity contribution is 9.10. The van der Waals surface area contributed by atoms with E-state index in [-0.39, 0.29) is 6.42 Å². The molecule has 4 nitrogen and oxygen atoms in total. The predicted octanol–water partition coefficient (Wildman–Crippen LogP) is 2.41. The van der Waals surface area contributed by atoms with Crippen LogP contribution in [0.5, 0.6) is 11.5 Å². The summed E-state index contributed by atoms with van der Waals surface area (Å²) >= 11 is 3.32. The van der Waals surface area contributed by atoms with Crippen LogP contribution in [0.25, 0.3) is 0 Å². The monoisotopic (exact) mass is 272 g/mol. The second-order valence-electron chi connectivity index (χ2n) is 3.19. The Morgan fingerprint density at radius 3 is 2.87 bits per heavy atom. The normalized spacial score (nSPS) is 17.8. The van der Waals surface area contributed by atoms with Gasteiger partial charge in [0, 0.05) is 10.9 Å². The van der Waals surface area contributed by atoms with Crippen LogP contribution < -0.4 is 9.47 Å². The Bertz CT molecular complexity index is 391. The number of hydrogen-bond acceptors (Lipinski definition) is 3. The first-order valence-electron chi connectivity index (χ1n) is 4.50. The molecule has 0 spiro atoms. The molecule has 0 saturated carbocycles. The van der Waals surface area contributed by atoms with Gasteiger partial charge < -0.3 is 14.6 Å². The van der Waals surface area contributed by atoms with E-state index >= 15 is 0 Å². The van der Waals surface area contributed by atoms with Gasteiger partial charge in [-0.1, -0.05) is 15.9 Å². The molecule has 1 aliphatic rings. The van der Waals surface area contributed by atoms with Gasteiger partial charge in [-0.25, -0.2) is 0 Å². The third kappa shape index (κ3) is 2.41. The van der Waals surface area contributed by atoms with Gasteiger partial charge in [0.15, 0.2) is 11.5 Å². The number of carboxylic acids is 1. The van der Waals surface area contributed by atoms with Gasteiger partial charge in [0.25, 0.3) is 0 Å². The van der Waals surface area contributed by atoms with E-state index in [1.807, 2.05) is 6.07 Å². The van der Waals surface area contributed by atoms with Crippen LogP contribution in [0.4, 0.5) is 0 Å². The molecule has 1 atom stereocenters. The van der Waals surface area contributed by atoms with E-state index < -0.39 is 12.3 Å². The average Bonchev–Trinajstić information content (AvgIpc) is 2.56. The molecular formula is C10H9BrO4. The standard InChI is InChI=1S/C10H9BrO4/c11-6-1-2-7-8(5-6)15-10(14-7)4-3-9(12)13/h1-2,5,10H,3-4H2,(H,12,13). The molecule has 0 saturated heterocycles. The lowest BCUT2D eigenvalue weighted by molar-refractivity contribution is -0.138. The number of benzene rings is 1. The van der Waals surface area contributed by atoms with E-state index in [9.17, 15) is 4.79 Å². The third-order valence-electron chi connectivity index (χ3n) is 2.02. The fourth-order valence-corrected chi connectivity index (χ4v) is 1.68. The summed E-state index contributed by atoms with van der Waals surface area (Å²) in [6.07, 6.45) is -0.0908. The zero-order valence-corrected chi connectivity index (χ0v) is 9.36. The van der Waals surface area contributed by atoms with E-state index in [1.54, 1.807) is 12.1 Å². The van der Waals surface area contributed by atoms with Crippen LogP contribution in [0.15, 0.2) is 22.7 Å². The summed E-state index contributed by atoms with van der Waals surface area (Å²) in [6.45, 7) is 0. The first-order valence-corrected chi connectivity index (χ1v) is 5.29. The lowest BCUT2D eigenvalue weighted by Crippen LogP contribution is -2.19. The summed E-state index contributed by atoms with van der Waals surface area (Å²) in [7, 11) is 0. The van der Waals surface area contributed by atoms with Crippen molar-refractivity contribution in [2.75, 3.05) is 0 Å². The summed E-state index contributed by atoms with van der Waals surface area (Å²) in [6, 6.07) is 5.44. The van der Waals surface area contributed by atoms with E-state index in [2.05, 4.69) is 15.9 Å². The summed E-state index contributed by atoms with van der Waals surface area (Å²) in [4.78, 5) is 10.4. The maximum absolute atomic E-state index is 10.4. The van der Waals surface area contributed by atoms with Crippen LogP contribution in [-0.2, 0) is 4.79 Å². The van der Waals surface area contributed by atoms with Gasteiger partial charge >= 0.3 is 5.97 Å². The molecule has 15 heavy (non-hydrogen) atoms. The molecule has 1 unspecified atom stereocenters. The van der Waals surface area contributed by atoms with Crippen molar-refractivity contribution in [3.63, 3.8) is 0 Å². The predicted molar refractivity (Wildman–Crippen MR) is 56.1 cm³/mol. The highest BCUT2D eigenvalue weighted by atomic mass is 79.9. The second-order valence-corrected chi connectivity index (χ2v) is 4.10. The largest absolute Gasteiger partial charge is 0.481 e. The van der Waals surface area contributed by atoms with Crippen LogP contribution in [0.1, 0.15) is 12.8 Å². The summed E-state index contributed by atoms with van der Waals surface area (Å²) in [5, 5.41) is 8.52. The van der Waals surface area contributed by atoms with Gasteiger partial charge in [-0.2, -0.15) is 0 Å². The number of carboxylic acid groups (broad SMARTS) is 1. The molecule has 1 heterocycles.